The van der Waals surface area contributed by atoms with Crippen LogP contribution in [0.25, 0.3) is 0 Å². The molecule has 0 atom stereocenters. The lowest BCUT2D eigenvalue weighted by Crippen LogP contribution is -2.34. The zero-order valence-corrected chi connectivity index (χ0v) is 17.6. The number of anilines is 2. The third-order valence-electron chi connectivity index (χ3n) is 4.77. The number of nitrogens with one attached hydrogen (secondary N) is 2. The molecular formula is C22H30N4O3. The molecule has 0 spiro atoms. The van der Waals surface area contributed by atoms with Crippen molar-refractivity contribution >= 4 is 23.3 Å². The van der Waals surface area contributed by atoms with E-state index in [1.165, 1.54) is 0 Å². The summed E-state index contributed by atoms with van der Waals surface area (Å²) >= 11 is 0. The molecule has 1 fully saturated rings. The molecular weight excluding hydrogens is 368 g/mol. The van der Waals surface area contributed by atoms with Gasteiger partial charge in [-0.1, -0.05) is 0 Å². The van der Waals surface area contributed by atoms with E-state index in [9.17, 15) is 9.59 Å². The first-order valence-electron chi connectivity index (χ1n) is 10.0. The fourth-order valence-corrected chi connectivity index (χ4v) is 3.25. The highest BCUT2D eigenvalue weighted by Gasteiger charge is 2.34. The molecule has 0 saturated heterocycles. The van der Waals surface area contributed by atoms with Gasteiger partial charge in [0.2, 0.25) is 5.91 Å². The van der Waals surface area contributed by atoms with Crippen LogP contribution in [-0.2, 0) is 17.9 Å². The standard InChI is InChI=1S/C22H30N4O3/c1-15(2)23-22(28)24-18-9-10-20(25(3)4)17(12-18)13-26(21(27)16-7-8-16)14-19-6-5-11-29-19/h5-6,9-12,15-16H,7-8,13-14H2,1-4H3,(H2,23,24,28). The number of benzene rings is 1. The van der Waals surface area contributed by atoms with Crippen molar-refractivity contribution in [3.63, 3.8) is 0 Å². The van der Waals surface area contributed by atoms with E-state index in [0.717, 1.165) is 29.9 Å². The molecule has 156 valence electrons. The number of hydrogen-bond donors (Lipinski definition) is 2. The summed E-state index contributed by atoms with van der Waals surface area (Å²) in [5, 5.41) is 5.70. The Morgan fingerprint density at radius 2 is 1.93 bits per heavy atom. The minimum atomic E-state index is -0.245. The Hall–Kier alpha value is -2.96. The second kappa shape index (κ2) is 9.03. The van der Waals surface area contributed by atoms with E-state index < -0.39 is 0 Å². The van der Waals surface area contributed by atoms with E-state index in [0.29, 0.717) is 18.8 Å². The molecule has 29 heavy (non-hydrogen) atoms. The van der Waals surface area contributed by atoms with E-state index >= 15 is 0 Å². The fourth-order valence-electron chi connectivity index (χ4n) is 3.25. The first kappa shape index (κ1) is 20.8. The number of amides is 3. The molecule has 1 saturated carbocycles. The van der Waals surface area contributed by atoms with Gasteiger partial charge in [-0.15, -0.1) is 0 Å². The average molecular weight is 399 g/mol. The zero-order chi connectivity index (χ0) is 21.0. The van der Waals surface area contributed by atoms with Crippen molar-refractivity contribution in [3.05, 3.63) is 47.9 Å². The molecule has 1 heterocycles. The number of carbonyl (C=O) groups excluding carboxylic acids is 2. The largest absolute Gasteiger partial charge is 0.467 e. The first-order valence-corrected chi connectivity index (χ1v) is 10.0. The summed E-state index contributed by atoms with van der Waals surface area (Å²) in [6.45, 7) is 4.71. The summed E-state index contributed by atoms with van der Waals surface area (Å²) in [7, 11) is 3.94. The van der Waals surface area contributed by atoms with Crippen molar-refractivity contribution in [1.29, 1.82) is 0 Å². The lowest BCUT2D eigenvalue weighted by molar-refractivity contribution is -0.134. The van der Waals surface area contributed by atoms with Crippen molar-refractivity contribution in [1.82, 2.24) is 10.2 Å². The van der Waals surface area contributed by atoms with Gasteiger partial charge in [0.05, 0.1) is 12.8 Å². The molecule has 2 N–H and O–H groups in total. The number of carbonyl (C=O) groups is 2. The van der Waals surface area contributed by atoms with Crippen LogP contribution >= 0.6 is 0 Å². The number of rotatable bonds is 8. The second-order valence-electron chi connectivity index (χ2n) is 8.04. The van der Waals surface area contributed by atoms with Crippen LogP contribution < -0.4 is 15.5 Å². The Labute approximate surface area is 172 Å². The summed E-state index contributed by atoms with van der Waals surface area (Å²) in [5.41, 5.74) is 2.67. The van der Waals surface area contributed by atoms with Crippen molar-refractivity contribution in [3.8, 4) is 0 Å². The second-order valence-corrected chi connectivity index (χ2v) is 8.04. The molecule has 1 aliphatic rings. The predicted octanol–water partition coefficient (Wildman–Crippen LogP) is 3.81. The van der Waals surface area contributed by atoms with Gasteiger partial charge in [0, 0.05) is 44.0 Å². The number of urea groups is 1. The van der Waals surface area contributed by atoms with Crippen molar-refractivity contribution in [2.75, 3.05) is 24.3 Å². The molecule has 0 aliphatic heterocycles. The van der Waals surface area contributed by atoms with E-state index in [4.69, 9.17) is 4.42 Å². The molecule has 0 radical (unpaired) electrons. The number of hydrogen-bond acceptors (Lipinski definition) is 4. The predicted molar refractivity (Wildman–Crippen MR) is 114 cm³/mol. The van der Waals surface area contributed by atoms with Gasteiger partial charge >= 0.3 is 6.03 Å². The van der Waals surface area contributed by atoms with E-state index in [-0.39, 0.29) is 23.9 Å². The molecule has 1 aromatic carbocycles. The molecule has 1 aliphatic carbocycles. The zero-order valence-electron chi connectivity index (χ0n) is 17.6. The molecule has 7 nitrogen and oxygen atoms in total. The Bertz CT molecular complexity index is 842. The molecule has 7 heteroatoms. The van der Waals surface area contributed by atoms with Crippen LogP contribution in [0.3, 0.4) is 0 Å². The summed E-state index contributed by atoms with van der Waals surface area (Å²) in [6.07, 6.45) is 3.52. The monoisotopic (exact) mass is 398 g/mol. The molecule has 1 aromatic heterocycles. The van der Waals surface area contributed by atoms with Crippen LogP contribution in [-0.4, -0.2) is 37.0 Å². The van der Waals surface area contributed by atoms with Gasteiger partial charge in [-0.05, 0) is 62.6 Å². The summed E-state index contributed by atoms with van der Waals surface area (Å²) in [4.78, 5) is 28.8. The van der Waals surface area contributed by atoms with Crippen molar-refractivity contribution in [2.45, 2.75) is 45.8 Å². The summed E-state index contributed by atoms with van der Waals surface area (Å²) < 4.78 is 5.47. The van der Waals surface area contributed by atoms with Crippen LogP contribution in [0, 0.1) is 5.92 Å². The van der Waals surface area contributed by atoms with Crippen molar-refractivity contribution < 1.29 is 14.0 Å². The topological polar surface area (TPSA) is 77.8 Å². The van der Waals surface area contributed by atoms with Crippen molar-refractivity contribution in [2.24, 2.45) is 5.92 Å². The normalized spacial score (nSPS) is 13.3. The van der Waals surface area contributed by atoms with Gasteiger partial charge in [0.15, 0.2) is 0 Å². The molecule has 2 aromatic rings. The van der Waals surface area contributed by atoms with Crippen LogP contribution in [0.5, 0.6) is 0 Å². The van der Waals surface area contributed by atoms with Gasteiger partial charge in [-0.3, -0.25) is 4.79 Å². The summed E-state index contributed by atoms with van der Waals surface area (Å²) in [6, 6.07) is 9.29. The van der Waals surface area contributed by atoms with E-state index in [1.54, 1.807) is 6.26 Å². The first-order chi connectivity index (χ1) is 13.8. The van der Waals surface area contributed by atoms with Crippen LogP contribution in [0.4, 0.5) is 16.2 Å². The van der Waals surface area contributed by atoms with Gasteiger partial charge in [0.1, 0.15) is 5.76 Å². The molecule has 3 rings (SSSR count). The Morgan fingerprint density at radius 3 is 2.52 bits per heavy atom. The SMILES string of the molecule is CC(C)NC(=O)Nc1ccc(N(C)C)c(CN(Cc2ccco2)C(=O)C2CC2)c1. The Kier molecular flexibility index (Phi) is 6.46. The van der Waals surface area contributed by atoms with Gasteiger partial charge < -0.3 is 24.9 Å². The lowest BCUT2D eigenvalue weighted by Gasteiger charge is -2.26. The fraction of sp³-hybridized carbons (Fsp3) is 0.455. The van der Waals surface area contributed by atoms with E-state index in [1.807, 2.05) is 68.1 Å². The maximum atomic E-state index is 12.9. The smallest absolute Gasteiger partial charge is 0.319 e. The third-order valence-corrected chi connectivity index (χ3v) is 4.77. The summed E-state index contributed by atoms with van der Waals surface area (Å²) in [5.74, 6) is 1.03. The van der Waals surface area contributed by atoms with Gasteiger partial charge in [-0.25, -0.2) is 4.79 Å². The third kappa shape index (κ3) is 5.76. The number of furan rings is 1. The minimum Gasteiger partial charge on any atom is -0.467 e. The van der Waals surface area contributed by atoms with Crippen LogP contribution in [0.1, 0.15) is 38.0 Å². The lowest BCUT2D eigenvalue weighted by atomic mass is 10.1. The van der Waals surface area contributed by atoms with Crippen LogP contribution in [0.15, 0.2) is 41.0 Å². The molecule has 0 bridgehead atoms. The minimum absolute atomic E-state index is 0.0514. The highest BCUT2D eigenvalue weighted by atomic mass is 16.3. The average Bonchev–Trinajstić information content (AvgIpc) is 3.37. The number of nitrogens with zero attached hydrogens (tertiary/aromatic N) is 2. The van der Waals surface area contributed by atoms with Gasteiger partial charge in [0.25, 0.3) is 0 Å². The molecule has 0 unspecified atom stereocenters. The quantitative estimate of drug-likeness (QED) is 0.709. The molecule has 3 amide bonds. The Morgan fingerprint density at radius 1 is 1.17 bits per heavy atom. The maximum absolute atomic E-state index is 12.9. The highest BCUT2D eigenvalue weighted by molar-refractivity contribution is 5.90. The highest BCUT2D eigenvalue weighted by Crippen LogP contribution is 2.33. The van der Waals surface area contributed by atoms with Crippen LogP contribution in [0.2, 0.25) is 0 Å². The van der Waals surface area contributed by atoms with E-state index in [2.05, 4.69) is 10.6 Å². The van der Waals surface area contributed by atoms with Gasteiger partial charge in [-0.2, -0.15) is 0 Å². The Balaban J connectivity index is 1.83. The maximum Gasteiger partial charge on any atom is 0.319 e.